The molecule has 0 aliphatic rings. The van der Waals surface area contributed by atoms with Crippen molar-refractivity contribution in [2.24, 2.45) is 0 Å². The third-order valence-electron chi connectivity index (χ3n) is 2.09. The number of hydrogen-bond donors (Lipinski definition) is 0. The van der Waals surface area contributed by atoms with Gasteiger partial charge in [-0.05, 0) is 25.6 Å². The van der Waals surface area contributed by atoms with E-state index in [0.717, 1.165) is 0 Å². The van der Waals surface area contributed by atoms with Gasteiger partial charge in [-0.2, -0.15) is 0 Å². The van der Waals surface area contributed by atoms with Crippen molar-refractivity contribution in [2.45, 2.75) is 39.4 Å². The third-order valence-corrected chi connectivity index (χ3v) is 5.59. The van der Waals surface area contributed by atoms with Crippen LogP contribution in [-0.4, -0.2) is 14.3 Å². The van der Waals surface area contributed by atoms with E-state index in [1.807, 2.05) is 13.1 Å². The van der Waals surface area contributed by atoms with Gasteiger partial charge in [-0.1, -0.05) is 20.4 Å². The lowest BCUT2D eigenvalue weighted by atomic mass is 10.4. The van der Waals surface area contributed by atoms with Crippen LogP contribution in [0.4, 0.5) is 0 Å². The van der Waals surface area contributed by atoms with Gasteiger partial charge in [-0.25, -0.2) is 4.79 Å². The molecule has 0 unspecified atom stereocenters. The van der Waals surface area contributed by atoms with Gasteiger partial charge in [-0.15, -0.1) is 0 Å². The van der Waals surface area contributed by atoms with Crippen LogP contribution < -0.4 is 0 Å². The topological polar surface area (TPSA) is 26.3 Å². The molecular formula is C9H18O2Si. The monoisotopic (exact) mass is 186 g/mol. The number of carbonyl (C=O) groups is 1. The second-order valence-corrected chi connectivity index (χ2v) is 8.49. The molecule has 0 atom stereocenters. The molecule has 70 valence electrons. The zero-order valence-electron chi connectivity index (χ0n) is 8.60. The van der Waals surface area contributed by atoms with Crippen LogP contribution in [0.2, 0.25) is 18.6 Å². The first-order chi connectivity index (χ1) is 5.27. The summed E-state index contributed by atoms with van der Waals surface area (Å²) in [4.78, 5) is 11.2. The molecule has 0 amide bonds. The first kappa shape index (κ1) is 11.4. The van der Waals surface area contributed by atoms with Gasteiger partial charge in [-0.3, -0.25) is 0 Å². The molecule has 0 saturated carbocycles. The van der Waals surface area contributed by atoms with Gasteiger partial charge in [0.15, 0.2) is 0 Å². The van der Waals surface area contributed by atoms with Crippen LogP contribution in [0.3, 0.4) is 0 Å². The molecule has 0 spiro atoms. The van der Waals surface area contributed by atoms with Crippen LogP contribution in [0.15, 0.2) is 12.2 Å². The van der Waals surface area contributed by atoms with Gasteiger partial charge in [0.2, 0.25) is 0 Å². The molecule has 0 aliphatic heterocycles. The van der Waals surface area contributed by atoms with E-state index in [1.165, 1.54) is 0 Å². The Bertz CT molecular complexity index is 195. The van der Waals surface area contributed by atoms with Gasteiger partial charge < -0.3 is 4.43 Å². The summed E-state index contributed by atoms with van der Waals surface area (Å²) in [5.41, 5.74) is 0.928. The second-order valence-electron chi connectivity index (χ2n) is 3.93. The molecule has 2 nitrogen and oxygen atoms in total. The summed E-state index contributed by atoms with van der Waals surface area (Å²) in [6, 6.07) is 0. The summed E-state index contributed by atoms with van der Waals surface area (Å²) in [6.45, 7) is 13.5. The lowest BCUT2D eigenvalue weighted by Gasteiger charge is -2.26. The van der Waals surface area contributed by atoms with Crippen LogP contribution in [-0.2, 0) is 9.22 Å². The second kappa shape index (κ2) is 3.89. The Morgan fingerprint density at radius 2 is 1.83 bits per heavy atom. The Morgan fingerprint density at radius 1 is 1.42 bits per heavy atom. The molecule has 0 aromatic heterocycles. The molecule has 0 heterocycles. The predicted octanol–water partition coefficient (Wildman–Crippen LogP) is 2.72. The van der Waals surface area contributed by atoms with Crippen molar-refractivity contribution < 1.29 is 9.22 Å². The highest BCUT2D eigenvalue weighted by Crippen LogP contribution is 2.22. The molecule has 3 heteroatoms. The average molecular weight is 186 g/mol. The van der Waals surface area contributed by atoms with Crippen molar-refractivity contribution in [3.63, 3.8) is 0 Å². The van der Waals surface area contributed by atoms with E-state index < -0.39 is 8.32 Å². The minimum atomic E-state index is -1.82. The fourth-order valence-corrected chi connectivity index (χ4v) is 1.33. The van der Waals surface area contributed by atoms with E-state index in [9.17, 15) is 4.79 Å². The summed E-state index contributed by atoms with van der Waals surface area (Å²) in [7, 11) is -1.82. The predicted molar refractivity (Wildman–Crippen MR) is 53.5 cm³/mol. The van der Waals surface area contributed by atoms with Crippen LogP contribution in [0.25, 0.3) is 0 Å². The highest BCUT2D eigenvalue weighted by atomic mass is 28.4. The quantitative estimate of drug-likeness (QED) is 0.500. The van der Waals surface area contributed by atoms with Crippen molar-refractivity contribution in [3.05, 3.63) is 12.2 Å². The summed E-state index contributed by atoms with van der Waals surface area (Å²) in [6.07, 6.45) is 0. The third kappa shape index (κ3) is 3.22. The Kier molecular flexibility index (Phi) is 3.71. The molecule has 0 aromatic carbocycles. The summed E-state index contributed by atoms with van der Waals surface area (Å²) < 4.78 is 5.36. The molecule has 0 N–H and O–H groups in total. The summed E-state index contributed by atoms with van der Waals surface area (Å²) in [5, 5.41) is 0. The molecule has 0 rings (SSSR count). The smallest absolute Gasteiger partial charge is 0.319 e. The van der Waals surface area contributed by atoms with Gasteiger partial charge in [0.05, 0.1) is 0 Å². The molecule has 0 aromatic rings. The van der Waals surface area contributed by atoms with Gasteiger partial charge in [0, 0.05) is 5.57 Å². The van der Waals surface area contributed by atoms with Crippen LogP contribution in [0, 0.1) is 0 Å². The first-order valence-electron chi connectivity index (χ1n) is 4.16. The lowest BCUT2D eigenvalue weighted by molar-refractivity contribution is -0.130. The molecule has 0 fully saturated rings. The Labute approximate surface area is 75.7 Å². The largest absolute Gasteiger partial charge is 0.516 e. The number of carbonyl (C=O) groups excluding carboxylic acids is 1. The Balaban J connectivity index is 4.25. The molecule has 0 saturated heterocycles. The molecule has 12 heavy (non-hydrogen) atoms. The first-order valence-corrected chi connectivity index (χ1v) is 7.14. The maximum atomic E-state index is 11.2. The standard InChI is InChI=1S/C9H18O2Si/c1-7(2)9(10)11-12(5,6)8(3)4/h8H,1H2,2-6H3. The van der Waals surface area contributed by atoms with Crippen molar-refractivity contribution in [3.8, 4) is 0 Å². The van der Waals surface area contributed by atoms with Gasteiger partial charge in [0.1, 0.15) is 0 Å². The van der Waals surface area contributed by atoms with Crippen molar-refractivity contribution in [2.75, 3.05) is 0 Å². The lowest BCUT2D eigenvalue weighted by Crippen LogP contribution is -2.36. The summed E-state index contributed by atoms with van der Waals surface area (Å²) >= 11 is 0. The normalized spacial score (nSPS) is 11.5. The number of hydrogen-bond acceptors (Lipinski definition) is 2. The van der Waals surface area contributed by atoms with Crippen molar-refractivity contribution >= 4 is 14.3 Å². The van der Waals surface area contributed by atoms with Gasteiger partial charge in [0.25, 0.3) is 8.32 Å². The van der Waals surface area contributed by atoms with E-state index in [2.05, 4.69) is 20.4 Å². The molecular weight excluding hydrogens is 168 g/mol. The average Bonchev–Trinajstić information content (AvgIpc) is 1.85. The van der Waals surface area contributed by atoms with Crippen LogP contribution >= 0.6 is 0 Å². The van der Waals surface area contributed by atoms with E-state index in [-0.39, 0.29) is 5.97 Å². The van der Waals surface area contributed by atoms with E-state index >= 15 is 0 Å². The fourth-order valence-electron chi connectivity index (χ4n) is 0.444. The molecule has 0 aliphatic carbocycles. The van der Waals surface area contributed by atoms with Crippen molar-refractivity contribution in [1.82, 2.24) is 0 Å². The van der Waals surface area contributed by atoms with Gasteiger partial charge >= 0.3 is 5.97 Å². The van der Waals surface area contributed by atoms with Crippen LogP contribution in [0.1, 0.15) is 20.8 Å². The minimum absolute atomic E-state index is 0.250. The van der Waals surface area contributed by atoms with Crippen LogP contribution in [0.5, 0.6) is 0 Å². The Morgan fingerprint density at radius 3 is 2.08 bits per heavy atom. The molecule has 0 bridgehead atoms. The zero-order chi connectivity index (χ0) is 9.94. The highest BCUT2D eigenvalue weighted by Gasteiger charge is 2.30. The fraction of sp³-hybridized carbons (Fsp3) is 0.667. The van der Waals surface area contributed by atoms with E-state index in [1.54, 1.807) is 6.92 Å². The minimum Gasteiger partial charge on any atom is -0.516 e. The maximum Gasteiger partial charge on any atom is 0.319 e. The maximum absolute atomic E-state index is 11.2. The van der Waals surface area contributed by atoms with E-state index in [0.29, 0.717) is 11.1 Å². The zero-order valence-corrected chi connectivity index (χ0v) is 9.60. The SMILES string of the molecule is C=C(C)C(=O)O[Si](C)(C)C(C)C. The Hall–Kier alpha value is -0.573. The molecule has 0 radical (unpaired) electrons. The highest BCUT2D eigenvalue weighted by molar-refractivity contribution is 6.74. The number of rotatable bonds is 3. The van der Waals surface area contributed by atoms with Crippen molar-refractivity contribution in [1.29, 1.82) is 0 Å². The summed E-state index contributed by atoms with van der Waals surface area (Å²) in [5.74, 6) is -0.250. The van der Waals surface area contributed by atoms with E-state index in [4.69, 9.17) is 4.43 Å².